The van der Waals surface area contributed by atoms with Crippen molar-refractivity contribution >= 4 is 28.9 Å². The van der Waals surface area contributed by atoms with E-state index in [-0.39, 0.29) is 17.5 Å². The van der Waals surface area contributed by atoms with Crippen LogP contribution < -0.4 is 16.0 Å². The summed E-state index contributed by atoms with van der Waals surface area (Å²) in [5.41, 5.74) is 3.57. The normalized spacial score (nSPS) is 14.7. The van der Waals surface area contributed by atoms with Crippen molar-refractivity contribution in [2.75, 3.05) is 16.0 Å². The van der Waals surface area contributed by atoms with Gasteiger partial charge < -0.3 is 16.0 Å². The molecular weight excluding hydrogens is 290 g/mol. The summed E-state index contributed by atoms with van der Waals surface area (Å²) in [6.45, 7) is 2.07. The van der Waals surface area contributed by atoms with Crippen LogP contribution in [0, 0.1) is 0 Å². The molecule has 0 atom stereocenters. The Morgan fingerprint density at radius 3 is 2.35 bits per heavy atom. The van der Waals surface area contributed by atoms with Crippen molar-refractivity contribution in [3.8, 4) is 0 Å². The Hall–Kier alpha value is -3.08. The number of hydrogen-bond donors (Lipinski definition) is 3. The minimum absolute atomic E-state index is 0.214. The maximum absolute atomic E-state index is 12.1. The van der Waals surface area contributed by atoms with Crippen LogP contribution in [0.2, 0.25) is 0 Å². The molecule has 0 spiro atoms. The number of fused-ring (bicyclic) bond motifs is 1. The summed E-state index contributed by atoms with van der Waals surface area (Å²) in [6, 6.07) is 14.9. The highest BCUT2D eigenvalue weighted by molar-refractivity contribution is 6.15. The lowest BCUT2D eigenvalue weighted by atomic mass is 10.1. The van der Waals surface area contributed by atoms with E-state index in [4.69, 9.17) is 0 Å². The fourth-order valence-corrected chi connectivity index (χ4v) is 2.33. The first-order valence-electron chi connectivity index (χ1n) is 7.44. The summed E-state index contributed by atoms with van der Waals surface area (Å²) in [6.07, 6.45) is 2.21. The molecule has 23 heavy (non-hydrogen) atoms. The molecule has 0 unspecified atom stereocenters. The van der Waals surface area contributed by atoms with Crippen molar-refractivity contribution in [3.63, 3.8) is 0 Å². The molecule has 2 amide bonds. The molecule has 116 valence electrons. The number of carbonyl (C=O) groups is 2. The van der Waals surface area contributed by atoms with Crippen LogP contribution in [0.4, 0.5) is 17.1 Å². The first-order chi connectivity index (χ1) is 11.2. The topological polar surface area (TPSA) is 70.2 Å². The Kier molecular flexibility index (Phi) is 4.10. The van der Waals surface area contributed by atoms with Gasteiger partial charge >= 0.3 is 0 Å². The van der Waals surface area contributed by atoms with Gasteiger partial charge in [-0.05, 0) is 36.2 Å². The van der Waals surface area contributed by atoms with Crippen molar-refractivity contribution in [3.05, 3.63) is 65.9 Å². The third-order valence-electron chi connectivity index (χ3n) is 3.59. The SMILES string of the molecule is CCc1ccc(NC(=O)/C=C2\Nc3ccccc3NC2=O)cc1. The number of rotatable bonds is 3. The van der Waals surface area contributed by atoms with Crippen LogP contribution >= 0.6 is 0 Å². The Morgan fingerprint density at radius 1 is 1.04 bits per heavy atom. The molecule has 5 nitrogen and oxygen atoms in total. The number of nitrogens with one attached hydrogen (secondary N) is 3. The number of carbonyl (C=O) groups excluding carboxylic acids is 2. The first-order valence-corrected chi connectivity index (χ1v) is 7.44. The summed E-state index contributed by atoms with van der Waals surface area (Å²) in [4.78, 5) is 24.1. The number of anilines is 3. The third-order valence-corrected chi connectivity index (χ3v) is 3.59. The molecule has 5 heteroatoms. The molecule has 0 aromatic heterocycles. The quantitative estimate of drug-likeness (QED) is 0.763. The smallest absolute Gasteiger partial charge is 0.272 e. The van der Waals surface area contributed by atoms with Crippen LogP contribution in [0.25, 0.3) is 0 Å². The van der Waals surface area contributed by atoms with E-state index in [2.05, 4.69) is 22.9 Å². The Morgan fingerprint density at radius 2 is 1.70 bits per heavy atom. The molecule has 1 aliphatic heterocycles. The molecule has 3 N–H and O–H groups in total. The minimum atomic E-state index is -0.355. The van der Waals surface area contributed by atoms with Gasteiger partial charge in [-0.3, -0.25) is 9.59 Å². The average molecular weight is 307 g/mol. The lowest BCUT2D eigenvalue weighted by molar-refractivity contribution is -0.114. The van der Waals surface area contributed by atoms with Crippen LogP contribution in [-0.2, 0) is 16.0 Å². The van der Waals surface area contributed by atoms with Gasteiger partial charge in [0.2, 0.25) is 0 Å². The lowest BCUT2D eigenvalue weighted by Crippen LogP contribution is -2.27. The van der Waals surface area contributed by atoms with Crippen LogP contribution in [0.3, 0.4) is 0 Å². The van der Waals surface area contributed by atoms with E-state index in [1.807, 2.05) is 42.5 Å². The third kappa shape index (κ3) is 3.40. The van der Waals surface area contributed by atoms with Gasteiger partial charge in [-0.15, -0.1) is 0 Å². The monoisotopic (exact) mass is 307 g/mol. The van der Waals surface area contributed by atoms with Crippen LogP contribution in [0.5, 0.6) is 0 Å². The fourth-order valence-electron chi connectivity index (χ4n) is 2.33. The number of amides is 2. The van der Waals surface area contributed by atoms with Crippen molar-refractivity contribution in [2.45, 2.75) is 13.3 Å². The largest absolute Gasteiger partial charge is 0.349 e. The van der Waals surface area contributed by atoms with Gasteiger partial charge in [-0.1, -0.05) is 31.2 Å². The van der Waals surface area contributed by atoms with Crippen LogP contribution in [0.1, 0.15) is 12.5 Å². The summed E-state index contributed by atoms with van der Waals surface area (Å²) >= 11 is 0. The molecule has 3 rings (SSSR count). The molecule has 0 fully saturated rings. The van der Waals surface area contributed by atoms with Crippen LogP contribution in [0.15, 0.2) is 60.3 Å². The van der Waals surface area contributed by atoms with E-state index in [1.54, 1.807) is 6.07 Å². The van der Waals surface area contributed by atoms with E-state index in [0.29, 0.717) is 11.4 Å². The van der Waals surface area contributed by atoms with Crippen molar-refractivity contribution < 1.29 is 9.59 Å². The van der Waals surface area contributed by atoms with Gasteiger partial charge in [-0.25, -0.2) is 0 Å². The minimum Gasteiger partial charge on any atom is -0.349 e. The predicted molar refractivity (Wildman–Crippen MR) is 91.2 cm³/mol. The second kappa shape index (κ2) is 6.36. The Labute approximate surface area is 134 Å². The van der Waals surface area contributed by atoms with Gasteiger partial charge in [0, 0.05) is 11.8 Å². The van der Waals surface area contributed by atoms with Gasteiger partial charge in [0.1, 0.15) is 5.70 Å². The van der Waals surface area contributed by atoms with E-state index in [9.17, 15) is 9.59 Å². The number of benzene rings is 2. The van der Waals surface area contributed by atoms with Gasteiger partial charge in [0.05, 0.1) is 11.4 Å². The highest BCUT2D eigenvalue weighted by atomic mass is 16.2. The molecule has 1 aliphatic rings. The molecule has 0 saturated carbocycles. The lowest BCUT2D eigenvalue weighted by Gasteiger charge is -2.20. The molecule has 0 saturated heterocycles. The van der Waals surface area contributed by atoms with E-state index in [1.165, 1.54) is 11.6 Å². The highest BCUT2D eigenvalue weighted by Crippen LogP contribution is 2.27. The molecule has 2 aromatic carbocycles. The summed E-state index contributed by atoms with van der Waals surface area (Å²) in [7, 11) is 0. The Bertz CT molecular complexity index is 779. The molecule has 1 heterocycles. The first kappa shape index (κ1) is 14.8. The molecule has 0 bridgehead atoms. The van der Waals surface area contributed by atoms with E-state index < -0.39 is 0 Å². The Balaban J connectivity index is 1.73. The van der Waals surface area contributed by atoms with Gasteiger partial charge in [0.25, 0.3) is 11.8 Å². The predicted octanol–water partition coefficient (Wildman–Crippen LogP) is 3.14. The van der Waals surface area contributed by atoms with Crippen molar-refractivity contribution in [2.24, 2.45) is 0 Å². The zero-order chi connectivity index (χ0) is 16.2. The molecular formula is C18H17N3O2. The molecule has 2 aromatic rings. The zero-order valence-electron chi connectivity index (χ0n) is 12.7. The number of hydrogen-bond acceptors (Lipinski definition) is 3. The highest BCUT2D eigenvalue weighted by Gasteiger charge is 2.19. The van der Waals surface area contributed by atoms with E-state index >= 15 is 0 Å². The van der Waals surface area contributed by atoms with Gasteiger partial charge in [0.15, 0.2) is 0 Å². The maximum atomic E-state index is 12.1. The number of aryl methyl sites for hydroxylation is 1. The van der Waals surface area contributed by atoms with Gasteiger partial charge in [-0.2, -0.15) is 0 Å². The fraction of sp³-hybridized carbons (Fsp3) is 0.111. The second-order valence-electron chi connectivity index (χ2n) is 5.22. The van der Waals surface area contributed by atoms with E-state index in [0.717, 1.165) is 12.1 Å². The summed E-state index contributed by atoms with van der Waals surface area (Å²) in [5, 5.41) is 8.46. The zero-order valence-corrected chi connectivity index (χ0v) is 12.7. The van der Waals surface area contributed by atoms with Crippen LogP contribution in [-0.4, -0.2) is 11.8 Å². The molecule has 0 radical (unpaired) electrons. The number of para-hydroxylation sites is 2. The average Bonchev–Trinajstić information content (AvgIpc) is 2.56. The summed E-state index contributed by atoms with van der Waals surface area (Å²) in [5.74, 6) is -0.688. The van der Waals surface area contributed by atoms with Crippen molar-refractivity contribution in [1.29, 1.82) is 0 Å². The summed E-state index contributed by atoms with van der Waals surface area (Å²) < 4.78 is 0. The van der Waals surface area contributed by atoms with Crippen molar-refractivity contribution in [1.82, 2.24) is 0 Å². The standard InChI is InChI=1S/C18H17N3O2/c1-2-12-7-9-13(10-8-12)19-17(22)11-16-18(23)21-15-6-4-3-5-14(15)20-16/h3-11,20H,2H2,1H3,(H,19,22)(H,21,23)/b16-11-. The second-order valence-corrected chi connectivity index (χ2v) is 5.22. The molecule has 0 aliphatic carbocycles. The maximum Gasteiger partial charge on any atom is 0.272 e.